The molecule has 28 heavy (non-hydrogen) atoms. The molecule has 0 spiro atoms. The van der Waals surface area contributed by atoms with Gasteiger partial charge in [-0.3, -0.25) is 4.79 Å². The highest BCUT2D eigenvalue weighted by atomic mass is 127. The molecule has 2 aliphatic rings. The van der Waals surface area contributed by atoms with Gasteiger partial charge < -0.3 is 4.98 Å². The minimum atomic E-state index is -0.370. The number of nitrogens with one attached hydrogen (secondary N) is 1. The number of para-hydroxylation sites is 2. The predicted molar refractivity (Wildman–Crippen MR) is 118 cm³/mol. The third-order valence-corrected chi connectivity index (χ3v) is 5.29. The fourth-order valence-corrected chi connectivity index (χ4v) is 3.87. The van der Waals surface area contributed by atoms with E-state index in [9.17, 15) is 4.79 Å². The first-order valence-corrected chi connectivity index (χ1v) is 9.79. The average Bonchev–Trinajstić information content (AvgIpc) is 3.03. The second kappa shape index (κ2) is 6.79. The number of fused-ring (bicyclic) bond motifs is 4. The fraction of sp³-hybridized carbons (Fsp3) is 0. The van der Waals surface area contributed by atoms with Crippen LogP contribution in [0.15, 0.2) is 83.0 Å². The van der Waals surface area contributed by atoms with Crippen molar-refractivity contribution in [3.05, 3.63) is 81.9 Å². The number of rotatable bonds is 2. The van der Waals surface area contributed by atoms with Crippen LogP contribution < -0.4 is 0 Å². The Kier molecular flexibility index (Phi) is 4.12. The molecule has 0 atom stereocenters. The van der Waals surface area contributed by atoms with Crippen LogP contribution in [0.4, 0.5) is 5.69 Å². The molecule has 1 aliphatic carbocycles. The number of hydrogen-bond donors (Lipinski definition) is 1. The molecule has 3 aromatic rings. The van der Waals surface area contributed by atoms with Crippen molar-refractivity contribution in [2.75, 3.05) is 0 Å². The van der Waals surface area contributed by atoms with Crippen LogP contribution in [0, 0.1) is 3.57 Å². The van der Waals surface area contributed by atoms with E-state index in [0.29, 0.717) is 11.3 Å². The van der Waals surface area contributed by atoms with Gasteiger partial charge in [0.15, 0.2) is 0 Å². The molecule has 0 radical (unpaired) electrons. The molecule has 3 aromatic carbocycles. The van der Waals surface area contributed by atoms with Crippen molar-refractivity contribution in [3.63, 3.8) is 0 Å². The van der Waals surface area contributed by atoms with E-state index in [1.807, 2.05) is 60.7 Å². The van der Waals surface area contributed by atoms with Gasteiger partial charge in [-0.25, -0.2) is 4.98 Å². The van der Waals surface area contributed by atoms with Crippen molar-refractivity contribution in [1.82, 2.24) is 9.97 Å². The van der Waals surface area contributed by atoms with Crippen LogP contribution in [-0.4, -0.2) is 15.9 Å². The van der Waals surface area contributed by atoms with Gasteiger partial charge in [-0.05, 0) is 52.9 Å². The molecule has 1 N–H and O–H groups in total. The lowest BCUT2D eigenvalue weighted by Gasteiger charge is -2.04. The topological polar surface area (TPSA) is 70.5 Å². The van der Waals surface area contributed by atoms with E-state index < -0.39 is 0 Å². The largest absolute Gasteiger partial charge is 0.350 e. The minimum Gasteiger partial charge on any atom is -0.350 e. The molecular formula is C22H13IN4O. The van der Waals surface area contributed by atoms with Gasteiger partial charge in [-0.1, -0.05) is 42.5 Å². The van der Waals surface area contributed by atoms with E-state index in [4.69, 9.17) is 4.98 Å². The molecule has 5 nitrogen and oxygen atoms in total. The molecule has 5 rings (SSSR count). The van der Waals surface area contributed by atoms with Crippen molar-refractivity contribution >= 4 is 56.0 Å². The summed E-state index contributed by atoms with van der Waals surface area (Å²) in [4.78, 5) is 20.7. The molecule has 0 unspecified atom stereocenters. The summed E-state index contributed by atoms with van der Waals surface area (Å²) < 4.78 is 0.979. The summed E-state index contributed by atoms with van der Waals surface area (Å²) in [6.07, 6.45) is 0. The van der Waals surface area contributed by atoms with Crippen LogP contribution in [0.5, 0.6) is 0 Å². The maximum Gasteiger partial charge on any atom is 0.295 e. The maximum absolute atomic E-state index is 12.5. The quantitative estimate of drug-likeness (QED) is 0.238. The van der Waals surface area contributed by atoms with Crippen molar-refractivity contribution in [1.29, 1.82) is 0 Å². The minimum absolute atomic E-state index is 0.370. The average molecular weight is 476 g/mol. The Morgan fingerprint density at radius 2 is 1.71 bits per heavy atom. The third-order valence-electron chi connectivity index (χ3n) is 4.62. The van der Waals surface area contributed by atoms with E-state index in [0.717, 1.165) is 36.8 Å². The lowest BCUT2D eigenvalue weighted by atomic mass is 10.2. The second-order valence-electron chi connectivity index (χ2n) is 6.39. The summed E-state index contributed by atoms with van der Waals surface area (Å²) in [6.45, 7) is 0. The number of halogens is 1. The standard InChI is InChI=1S/C22H13IN4O/c23-14-7-5-6-13(12-14)22(28)27-26-20-16-9-2-1-8-15(16)19-21(20)25-18-11-4-3-10-17(18)24-19/h1-12,25H. The fourth-order valence-electron chi connectivity index (χ4n) is 3.32. The van der Waals surface area contributed by atoms with E-state index >= 15 is 0 Å². The zero-order valence-corrected chi connectivity index (χ0v) is 16.7. The molecular weight excluding hydrogens is 463 g/mol. The first-order valence-electron chi connectivity index (χ1n) is 8.71. The Morgan fingerprint density at radius 1 is 0.929 bits per heavy atom. The molecule has 0 fully saturated rings. The highest BCUT2D eigenvalue weighted by Gasteiger charge is 2.20. The first kappa shape index (κ1) is 17.0. The van der Waals surface area contributed by atoms with Gasteiger partial charge in [0.25, 0.3) is 5.91 Å². The molecule has 1 amide bonds. The summed E-state index contributed by atoms with van der Waals surface area (Å²) in [5.74, 6) is -0.370. The number of amides is 1. The van der Waals surface area contributed by atoms with Crippen molar-refractivity contribution in [2.45, 2.75) is 0 Å². The molecule has 0 aromatic heterocycles. The van der Waals surface area contributed by atoms with E-state index in [-0.39, 0.29) is 5.91 Å². The van der Waals surface area contributed by atoms with Crippen LogP contribution in [-0.2, 0) is 0 Å². The summed E-state index contributed by atoms with van der Waals surface area (Å²) in [6, 6.07) is 23.0. The summed E-state index contributed by atoms with van der Waals surface area (Å²) in [7, 11) is 0. The van der Waals surface area contributed by atoms with Gasteiger partial charge in [-0.15, -0.1) is 10.2 Å². The summed E-state index contributed by atoms with van der Waals surface area (Å²) >= 11 is 2.17. The van der Waals surface area contributed by atoms with Crippen LogP contribution in [0.2, 0.25) is 0 Å². The lowest BCUT2D eigenvalue weighted by molar-refractivity contribution is 0.0995. The number of aromatic nitrogens is 2. The van der Waals surface area contributed by atoms with Crippen molar-refractivity contribution < 1.29 is 4.79 Å². The number of azo groups is 1. The number of carbonyl (C=O) groups excluding carboxylic acids is 1. The number of nitrogens with zero attached hydrogens (tertiary/aromatic N) is 3. The monoisotopic (exact) mass is 476 g/mol. The zero-order chi connectivity index (χ0) is 19.1. The SMILES string of the molecule is O=C(N=Nc1c2[nH]c3ccccc3nc-2c2ccccc12)c1cccc(I)c1. The molecule has 0 bridgehead atoms. The Morgan fingerprint density at radius 3 is 2.57 bits per heavy atom. The highest BCUT2D eigenvalue weighted by Crippen LogP contribution is 2.43. The van der Waals surface area contributed by atoms with Gasteiger partial charge in [0.1, 0.15) is 5.69 Å². The molecule has 1 aliphatic heterocycles. The Labute approximate surface area is 174 Å². The van der Waals surface area contributed by atoms with Gasteiger partial charge in [0.05, 0.1) is 22.4 Å². The Bertz CT molecular complexity index is 1360. The number of H-pyrrole nitrogens is 1. The van der Waals surface area contributed by atoms with Crippen LogP contribution in [0.25, 0.3) is 33.2 Å². The number of hydrogen-bond acceptors (Lipinski definition) is 3. The van der Waals surface area contributed by atoms with Gasteiger partial charge in [0, 0.05) is 19.9 Å². The van der Waals surface area contributed by atoms with E-state index in [2.05, 4.69) is 37.8 Å². The summed E-state index contributed by atoms with van der Waals surface area (Å²) in [5, 5.41) is 10.2. The normalized spacial score (nSPS) is 11.8. The Balaban J connectivity index is 1.69. The maximum atomic E-state index is 12.5. The molecule has 6 heteroatoms. The summed E-state index contributed by atoms with van der Waals surface area (Å²) in [5.41, 5.74) is 4.53. The van der Waals surface area contributed by atoms with Crippen LogP contribution in [0.3, 0.4) is 0 Å². The second-order valence-corrected chi connectivity index (χ2v) is 7.63. The van der Waals surface area contributed by atoms with Gasteiger partial charge in [-0.2, -0.15) is 0 Å². The highest BCUT2D eigenvalue weighted by molar-refractivity contribution is 14.1. The smallest absolute Gasteiger partial charge is 0.295 e. The third kappa shape index (κ3) is 2.86. The number of benzene rings is 3. The van der Waals surface area contributed by atoms with E-state index in [1.54, 1.807) is 12.1 Å². The number of aromatic amines is 1. The van der Waals surface area contributed by atoms with Crippen molar-refractivity contribution in [2.24, 2.45) is 10.2 Å². The van der Waals surface area contributed by atoms with Gasteiger partial charge in [0.2, 0.25) is 0 Å². The Hall–Kier alpha value is -3.13. The van der Waals surface area contributed by atoms with E-state index in [1.165, 1.54) is 0 Å². The zero-order valence-electron chi connectivity index (χ0n) is 14.6. The van der Waals surface area contributed by atoms with Crippen LogP contribution in [0.1, 0.15) is 10.4 Å². The molecule has 0 saturated heterocycles. The number of carbonyl (C=O) groups is 1. The predicted octanol–water partition coefficient (Wildman–Crippen LogP) is 6.35. The molecule has 1 heterocycles. The van der Waals surface area contributed by atoms with Crippen molar-refractivity contribution in [3.8, 4) is 11.4 Å². The molecule has 134 valence electrons. The van der Waals surface area contributed by atoms with Gasteiger partial charge >= 0.3 is 0 Å². The first-order chi connectivity index (χ1) is 13.7. The molecule has 0 saturated carbocycles. The van der Waals surface area contributed by atoms with Crippen LogP contribution >= 0.6 is 22.6 Å². The lowest BCUT2D eigenvalue weighted by Crippen LogP contribution is -1.94.